The third-order valence-electron chi connectivity index (χ3n) is 13.9. The molecule has 0 aromatic carbocycles. The van der Waals surface area contributed by atoms with Gasteiger partial charge in [-0.3, -0.25) is 9.59 Å². The second-order valence-electron chi connectivity index (χ2n) is 25.7. The highest BCUT2D eigenvalue weighted by Gasteiger charge is 2.25. The van der Waals surface area contributed by atoms with Gasteiger partial charge in [0, 0.05) is 58.2 Å². The first-order valence-corrected chi connectivity index (χ1v) is 33.5. The van der Waals surface area contributed by atoms with E-state index in [-0.39, 0.29) is 30.8 Å². The Bertz CT molecular complexity index is 1540. The molecule has 0 aliphatic heterocycles. The zero-order valence-electron chi connectivity index (χ0n) is 55.4. The number of carbonyl (C=O) groups excluding carboxylic acids is 5. The molecule has 0 aliphatic carbocycles. The van der Waals surface area contributed by atoms with Crippen LogP contribution in [-0.2, 0) is 42.7 Å². The minimum atomic E-state index is -0.677. The summed E-state index contributed by atoms with van der Waals surface area (Å²) in [6.07, 6.45) is 34.8. The lowest BCUT2D eigenvalue weighted by atomic mass is 9.93. The number of carbonyl (C=O) groups is 5. The fourth-order valence-electron chi connectivity index (χ4n) is 9.40. The summed E-state index contributed by atoms with van der Waals surface area (Å²) in [7, 11) is 0. The molecule has 0 fully saturated rings. The van der Waals surface area contributed by atoms with E-state index in [0.29, 0.717) is 118 Å². The minimum Gasteiger partial charge on any atom is -0.444 e. The molecule has 490 valence electrons. The van der Waals surface area contributed by atoms with E-state index in [0.717, 1.165) is 25.7 Å². The van der Waals surface area contributed by atoms with Gasteiger partial charge in [0.25, 0.3) is 0 Å². The summed E-state index contributed by atoms with van der Waals surface area (Å²) in [5.74, 6) is 0.134. The van der Waals surface area contributed by atoms with Crippen LogP contribution < -0.4 is 16.0 Å². The van der Waals surface area contributed by atoms with E-state index in [1.54, 1.807) is 30.6 Å². The molecular weight excluding hydrogens is 1050 g/mol. The minimum absolute atomic E-state index is 0.0908. The van der Waals surface area contributed by atoms with Crippen molar-refractivity contribution in [3.05, 3.63) is 0 Å². The van der Waals surface area contributed by atoms with Crippen molar-refractivity contribution in [1.82, 2.24) is 25.8 Å². The van der Waals surface area contributed by atoms with Crippen molar-refractivity contribution in [3.63, 3.8) is 0 Å². The molecule has 0 bridgehead atoms. The molecular formula is C66H129N5O12. The summed E-state index contributed by atoms with van der Waals surface area (Å²) in [4.78, 5) is 67.5. The molecule has 83 heavy (non-hydrogen) atoms. The number of nitrogens with one attached hydrogen (secondary N) is 3. The van der Waals surface area contributed by atoms with Crippen LogP contribution in [0, 0.1) is 5.92 Å². The largest absolute Gasteiger partial charge is 0.444 e. The number of amides is 5. The summed E-state index contributed by atoms with van der Waals surface area (Å²) >= 11 is 0. The van der Waals surface area contributed by atoms with Crippen LogP contribution in [0.3, 0.4) is 0 Å². The van der Waals surface area contributed by atoms with E-state index in [2.05, 4.69) is 29.8 Å². The molecule has 0 aromatic heterocycles. The highest BCUT2D eigenvalue weighted by atomic mass is 16.6. The molecule has 3 N–H and O–H groups in total. The highest BCUT2D eigenvalue weighted by molar-refractivity contribution is 5.78. The highest BCUT2D eigenvalue weighted by Crippen LogP contribution is 2.21. The van der Waals surface area contributed by atoms with Gasteiger partial charge in [0.2, 0.25) is 11.8 Å². The molecule has 0 aromatic rings. The number of rotatable bonds is 55. The smallest absolute Gasteiger partial charge is 0.410 e. The second kappa shape index (κ2) is 52.9. The number of nitrogens with zero attached hydrogens (tertiary/aromatic N) is 2. The van der Waals surface area contributed by atoms with Gasteiger partial charge in [-0.1, -0.05) is 168 Å². The second-order valence-corrected chi connectivity index (χ2v) is 25.7. The molecule has 0 aliphatic rings. The zero-order chi connectivity index (χ0) is 61.7. The van der Waals surface area contributed by atoms with Crippen molar-refractivity contribution in [1.29, 1.82) is 0 Å². The van der Waals surface area contributed by atoms with Crippen LogP contribution in [-0.4, -0.2) is 155 Å². The molecule has 0 spiro atoms. The van der Waals surface area contributed by atoms with Gasteiger partial charge < -0.3 is 58.9 Å². The average molecular weight is 1180 g/mol. The molecule has 5 amide bonds. The Kier molecular flexibility index (Phi) is 50.7. The molecule has 17 heteroatoms. The molecule has 17 nitrogen and oxygen atoms in total. The summed E-state index contributed by atoms with van der Waals surface area (Å²) in [6, 6.07) is 0. The fraction of sp³-hybridized carbons (Fsp3) is 0.924. The van der Waals surface area contributed by atoms with E-state index in [1.165, 1.54) is 141 Å². The quantitative estimate of drug-likeness (QED) is 0.0386. The van der Waals surface area contributed by atoms with Crippen LogP contribution in [0.1, 0.15) is 275 Å². The Hall–Kier alpha value is -3.41. The lowest BCUT2D eigenvalue weighted by Gasteiger charge is -2.29. The van der Waals surface area contributed by atoms with E-state index >= 15 is 0 Å². The molecule has 0 saturated carbocycles. The molecule has 0 unspecified atom stereocenters. The van der Waals surface area contributed by atoms with Gasteiger partial charge in [0.15, 0.2) is 0 Å². The van der Waals surface area contributed by atoms with Gasteiger partial charge in [0.05, 0.1) is 52.9 Å². The van der Waals surface area contributed by atoms with E-state index in [4.69, 9.17) is 33.2 Å². The number of alkyl carbamates (subject to hydrolysis) is 1. The van der Waals surface area contributed by atoms with Crippen LogP contribution >= 0.6 is 0 Å². The van der Waals surface area contributed by atoms with Crippen molar-refractivity contribution in [2.75, 3.05) is 98.7 Å². The Morgan fingerprint density at radius 2 is 0.675 bits per heavy atom. The molecule has 0 heterocycles. The van der Waals surface area contributed by atoms with Crippen LogP contribution in [0.4, 0.5) is 14.4 Å². The molecule has 0 atom stereocenters. The van der Waals surface area contributed by atoms with Gasteiger partial charge in [-0.05, 0) is 101 Å². The summed E-state index contributed by atoms with van der Waals surface area (Å²) in [5.41, 5.74) is -1.96. The average Bonchev–Trinajstić information content (AvgIpc) is 3.41. The normalized spacial score (nSPS) is 11.9. The lowest BCUT2D eigenvalue weighted by Crippen LogP contribution is -2.40. The van der Waals surface area contributed by atoms with E-state index in [1.807, 2.05) is 41.5 Å². The van der Waals surface area contributed by atoms with Crippen LogP contribution in [0.15, 0.2) is 0 Å². The number of hydrogen-bond donors (Lipinski definition) is 3. The van der Waals surface area contributed by atoms with Crippen LogP contribution in [0.25, 0.3) is 0 Å². The predicted molar refractivity (Wildman–Crippen MR) is 337 cm³/mol. The van der Waals surface area contributed by atoms with Crippen molar-refractivity contribution in [2.24, 2.45) is 5.92 Å². The molecule has 0 saturated heterocycles. The Balaban J connectivity index is 4.42. The van der Waals surface area contributed by atoms with Crippen LogP contribution in [0.5, 0.6) is 0 Å². The van der Waals surface area contributed by atoms with Crippen molar-refractivity contribution in [3.8, 4) is 0 Å². The summed E-state index contributed by atoms with van der Waals surface area (Å²) < 4.78 is 39.3. The van der Waals surface area contributed by atoms with Gasteiger partial charge in [-0.2, -0.15) is 0 Å². The number of hydrogen-bond acceptors (Lipinski definition) is 12. The fourth-order valence-corrected chi connectivity index (χ4v) is 9.40. The first-order chi connectivity index (χ1) is 39.7. The zero-order valence-corrected chi connectivity index (χ0v) is 55.4. The van der Waals surface area contributed by atoms with Crippen LogP contribution in [0.2, 0.25) is 0 Å². The monoisotopic (exact) mass is 1180 g/mol. The van der Waals surface area contributed by atoms with E-state index < -0.39 is 35.1 Å². The number of ether oxygens (including phenoxy) is 7. The van der Waals surface area contributed by atoms with Crippen molar-refractivity contribution in [2.45, 2.75) is 292 Å². The first-order valence-electron chi connectivity index (χ1n) is 33.5. The predicted octanol–water partition coefficient (Wildman–Crippen LogP) is 15.0. The van der Waals surface area contributed by atoms with Crippen molar-refractivity contribution < 1.29 is 57.1 Å². The van der Waals surface area contributed by atoms with Gasteiger partial charge in [-0.15, -0.1) is 0 Å². The van der Waals surface area contributed by atoms with E-state index in [9.17, 15) is 24.0 Å². The Morgan fingerprint density at radius 1 is 0.349 bits per heavy atom. The Labute approximate surface area is 507 Å². The van der Waals surface area contributed by atoms with Gasteiger partial charge in [0.1, 0.15) is 16.8 Å². The summed E-state index contributed by atoms with van der Waals surface area (Å²) in [5, 5.41) is 8.81. The third kappa shape index (κ3) is 56.2. The standard InChI is InChI=1S/C66H129N5O12/c1-12-14-16-18-20-22-24-26-28-30-32-34-40-58(41-35-33-31-29-27-25-23-21-19-17-15-13-2)60(73)68-45-51-78-53-55-80-57-56-79-54-52-77-50-42-59(72)67-43-38-48-70(62(75)82-65(6,7)8)46-36-37-47-71(63(76)83-66(9,10)11)49-39-44-69-61(74)81-64(3,4)5/h58H,12-57H2,1-11H3,(H,67,72)(H,68,73)(H,69,74). The summed E-state index contributed by atoms with van der Waals surface area (Å²) in [6.45, 7) is 26.8. The Morgan fingerprint density at radius 3 is 1.05 bits per heavy atom. The molecule has 0 radical (unpaired) electrons. The molecule has 0 rings (SSSR count). The number of unbranched alkanes of at least 4 members (excludes halogenated alkanes) is 23. The first kappa shape index (κ1) is 79.6. The third-order valence-corrected chi connectivity index (χ3v) is 13.9. The van der Waals surface area contributed by atoms with Crippen molar-refractivity contribution >= 4 is 30.1 Å². The maximum Gasteiger partial charge on any atom is 0.410 e. The SMILES string of the molecule is CCCCCCCCCCCCCCC(CCCCCCCCCCCCCC)C(=O)NCCOCCOCCOCCOCCC(=O)NCCCN(CCCCN(CCCNC(=O)OC(C)(C)C)C(=O)OC(C)(C)C)C(=O)OC(C)(C)C. The maximum atomic E-state index is 13.3. The maximum absolute atomic E-state index is 13.3. The lowest BCUT2D eigenvalue weighted by molar-refractivity contribution is -0.126. The van der Waals surface area contributed by atoms with Gasteiger partial charge in [-0.25, -0.2) is 14.4 Å². The topological polar surface area (TPSA) is 193 Å². The van der Waals surface area contributed by atoms with Gasteiger partial charge >= 0.3 is 18.3 Å².